The van der Waals surface area contributed by atoms with Crippen LogP contribution in [-0.2, 0) is 6.54 Å². The van der Waals surface area contributed by atoms with Crippen LogP contribution in [0.5, 0.6) is 0 Å². The lowest BCUT2D eigenvalue weighted by atomic mass is 10.1. The Labute approximate surface area is 103 Å². The molecule has 3 rings (SSSR count). The molecular formula is C13H14N2O3. The smallest absolute Gasteiger partial charge is 0.337 e. The van der Waals surface area contributed by atoms with Gasteiger partial charge in [-0.2, -0.15) is 0 Å². The summed E-state index contributed by atoms with van der Waals surface area (Å²) in [5.41, 5.74) is 1.18. The lowest BCUT2D eigenvalue weighted by Crippen LogP contribution is -2.21. The minimum Gasteiger partial charge on any atom is -0.478 e. The highest BCUT2D eigenvalue weighted by atomic mass is 16.4. The molecule has 1 aliphatic rings. The van der Waals surface area contributed by atoms with Gasteiger partial charge >= 0.3 is 11.7 Å². The molecular weight excluding hydrogens is 232 g/mol. The Hall–Kier alpha value is -2.04. The van der Waals surface area contributed by atoms with Crippen molar-refractivity contribution in [2.24, 2.45) is 5.41 Å². The van der Waals surface area contributed by atoms with E-state index in [1.165, 1.54) is 6.07 Å². The molecule has 0 saturated heterocycles. The topological polar surface area (TPSA) is 75.1 Å². The largest absolute Gasteiger partial charge is 0.478 e. The number of aromatic nitrogens is 2. The molecule has 0 amide bonds. The van der Waals surface area contributed by atoms with E-state index in [0.29, 0.717) is 17.6 Å². The number of imidazole rings is 1. The molecule has 1 aromatic carbocycles. The molecule has 18 heavy (non-hydrogen) atoms. The highest BCUT2D eigenvalue weighted by molar-refractivity contribution is 6.01. The molecule has 2 aromatic rings. The Bertz CT molecular complexity index is 692. The Morgan fingerprint density at radius 1 is 1.50 bits per heavy atom. The lowest BCUT2D eigenvalue weighted by molar-refractivity contribution is 0.0698. The number of hydrogen-bond acceptors (Lipinski definition) is 2. The minimum atomic E-state index is -1.01. The van der Waals surface area contributed by atoms with Crippen molar-refractivity contribution in [2.75, 3.05) is 0 Å². The highest BCUT2D eigenvalue weighted by Gasteiger charge is 2.38. The number of carbonyl (C=O) groups is 1. The summed E-state index contributed by atoms with van der Waals surface area (Å²) in [5.74, 6) is -1.01. The predicted molar refractivity (Wildman–Crippen MR) is 66.9 cm³/mol. The van der Waals surface area contributed by atoms with Crippen LogP contribution in [0.1, 0.15) is 30.1 Å². The first-order valence-corrected chi connectivity index (χ1v) is 5.95. The van der Waals surface area contributed by atoms with Crippen LogP contribution in [0.3, 0.4) is 0 Å². The number of H-pyrrole nitrogens is 1. The number of nitrogens with zero attached hydrogens (tertiary/aromatic N) is 1. The summed E-state index contributed by atoms with van der Waals surface area (Å²) in [5, 5.41) is 9.20. The molecule has 0 radical (unpaired) electrons. The molecule has 1 heterocycles. The van der Waals surface area contributed by atoms with E-state index in [4.69, 9.17) is 0 Å². The molecule has 1 aromatic heterocycles. The van der Waals surface area contributed by atoms with Gasteiger partial charge in [0.2, 0.25) is 0 Å². The highest BCUT2D eigenvalue weighted by Crippen LogP contribution is 2.46. The molecule has 5 heteroatoms. The third-order valence-corrected chi connectivity index (χ3v) is 3.67. The summed E-state index contributed by atoms with van der Waals surface area (Å²) in [6.07, 6.45) is 2.17. The maximum Gasteiger partial charge on any atom is 0.337 e. The van der Waals surface area contributed by atoms with Crippen molar-refractivity contribution < 1.29 is 9.90 Å². The molecule has 1 fully saturated rings. The van der Waals surface area contributed by atoms with Crippen LogP contribution in [0.4, 0.5) is 0 Å². The van der Waals surface area contributed by atoms with E-state index in [0.717, 1.165) is 12.8 Å². The van der Waals surface area contributed by atoms with Gasteiger partial charge in [0.15, 0.2) is 0 Å². The maximum absolute atomic E-state index is 11.9. The molecule has 0 spiro atoms. The van der Waals surface area contributed by atoms with E-state index in [9.17, 15) is 14.7 Å². The Morgan fingerprint density at radius 3 is 2.83 bits per heavy atom. The zero-order valence-electron chi connectivity index (χ0n) is 10.1. The number of rotatable bonds is 3. The molecule has 1 aliphatic carbocycles. The van der Waals surface area contributed by atoms with Crippen LogP contribution in [0.25, 0.3) is 11.0 Å². The van der Waals surface area contributed by atoms with Gasteiger partial charge in [0.05, 0.1) is 16.6 Å². The summed E-state index contributed by atoms with van der Waals surface area (Å²) >= 11 is 0. The van der Waals surface area contributed by atoms with Crippen molar-refractivity contribution in [3.63, 3.8) is 0 Å². The Morgan fingerprint density at radius 2 is 2.22 bits per heavy atom. The molecule has 0 atom stereocenters. The normalized spacial score (nSPS) is 16.9. The van der Waals surface area contributed by atoms with Crippen LogP contribution < -0.4 is 5.69 Å². The number of aromatic amines is 1. The number of hydrogen-bond donors (Lipinski definition) is 2. The number of aromatic carboxylic acids is 1. The third-order valence-electron chi connectivity index (χ3n) is 3.67. The average molecular weight is 246 g/mol. The quantitative estimate of drug-likeness (QED) is 0.867. The fraction of sp³-hybridized carbons (Fsp3) is 0.385. The van der Waals surface area contributed by atoms with Crippen LogP contribution in [0.15, 0.2) is 23.0 Å². The number of benzene rings is 1. The number of nitrogens with one attached hydrogen (secondary N) is 1. The molecule has 1 saturated carbocycles. The molecule has 94 valence electrons. The van der Waals surface area contributed by atoms with Crippen molar-refractivity contribution in [1.29, 1.82) is 0 Å². The van der Waals surface area contributed by atoms with E-state index in [1.807, 2.05) is 0 Å². The average Bonchev–Trinajstić information content (AvgIpc) is 2.95. The monoisotopic (exact) mass is 246 g/mol. The van der Waals surface area contributed by atoms with E-state index >= 15 is 0 Å². The molecule has 0 aliphatic heterocycles. The van der Waals surface area contributed by atoms with E-state index in [-0.39, 0.29) is 16.7 Å². The second-order valence-electron chi connectivity index (χ2n) is 5.33. The van der Waals surface area contributed by atoms with Gasteiger partial charge in [-0.05, 0) is 30.4 Å². The van der Waals surface area contributed by atoms with Gasteiger partial charge in [0, 0.05) is 6.54 Å². The second kappa shape index (κ2) is 3.48. The third kappa shape index (κ3) is 1.63. The van der Waals surface area contributed by atoms with Crippen LogP contribution >= 0.6 is 0 Å². The van der Waals surface area contributed by atoms with Crippen molar-refractivity contribution in [3.8, 4) is 0 Å². The van der Waals surface area contributed by atoms with Crippen molar-refractivity contribution in [1.82, 2.24) is 9.55 Å². The van der Waals surface area contributed by atoms with E-state index in [2.05, 4.69) is 11.9 Å². The van der Waals surface area contributed by atoms with Gasteiger partial charge in [-0.1, -0.05) is 13.0 Å². The number of carboxylic acids is 1. The SMILES string of the molecule is CC1(Cn2c(=O)[nH]c3cccc(C(=O)O)c32)CC1. The predicted octanol–water partition coefficient (Wildman–Crippen LogP) is 1.83. The fourth-order valence-corrected chi connectivity index (χ4v) is 2.30. The lowest BCUT2D eigenvalue weighted by Gasteiger charge is -2.10. The van der Waals surface area contributed by atoms with Crippen molar-refractivity contribution >= 4 is 17.0 Å². The van der Waals surface area contributed by atoms with Gasteiger partial charge in [-0.3, -0.25) is 4.57 Å². The first-order valence-electron chi connectivity index (χ1n) is 5.95. The second-order valence-corrected chi connectivity index (χ2v) is 5.33. The summed E-state index contributed by atoms with van der Waals surface area (Å²) in [4.78, 5) is 25.9. The Kier molecular flexibility index (Phi) is 2.14. The van der Waals surface area contributed by atoms with Crippen molar-refractivity contribution in [2.45, 2.75) is 26.3 Å². The number of carboxylic acid groups (broad SMARTS) is 1. The van der Waals surface area contributed by atoms with Crippen LogP contribution in [0, 0.1) is 5.41 Å². The van der Waals surface area contributed by atoms with Crippen LogP contribution in [-0.4, -0.2) is 20.6 Å². The fourth-order valence-electron chi connectivity index (χ4n) is 2.30. The Balaban J connectivity index is 2.25. The van der Waals surface area contributed by atoms with Crippen molar-refractivity contribution in [3.05, 3.63) is 34.2 Å². The number of para-hydroxylation sites is 1. The zero-order chi connectivity index (χ0) is 12.9. The molecule has 0 unspecified atom stereocenters. The van der Waals surface area contributed by atoms with Gasteiger partial charge in [-0.15, -0.1) is 0 Å². The summed E-state index contributed by atoms with van der Waals surface area (Å²) < 4.78 is 1.56. The molecule has 5 nitrogen and oxygen atoms in total. The molecule has 0 bridgehead atoms. The van der Waals surface area contributed by atoms with Gasteiger partial charge in [0.25, 0.3) is 0 Å². The molecule has 2 N–H and O–H groups in total. The summed E-state index contributed by atoms with van der Waals surface area (Å²) in [6.45, 7) is 2.69. The maximum atomic E-state index is 11.9. The minimum absolute atomic E-state index is 0.143. The van der Waals surface area contributed by atoms with Crippen LogP contribution in [0.2, 0.25) is 0 Å². The van der Waals surface area contributed by atoms with E-state index < -0.39 is 5.97 Å². The number of fused-ring (bicyclic) bond motifs is 1. The standard InChI is InChI=1S/C13H14N2O3/c1-13(5-6-13)7-15-10-8(11(16)17)3-2-4-9(10)14-12(15)18/h2-4H,5-7H2,1H3,(H,14,18)(H,16,17). The van der Waals surface area contributed by atoms with Gasteiger partial charge in [0.1, 0.15) is 0 Å². The van der Waals surface area contributed by atoms with Gasteiger partial charge < -0.3 is 10.1 Å². The summed E-state index contributed by atoms with van der Waals surface area (Å²) in [6, 6.07) is 4.91. The summed E-state index contributed by atoms with van der Waals surface area (Å²) in [7, 11) is 0. The zero-order valence-corrected chi connectivity index (χ0v) is 10.1. The van der Waals surface area contributed by atoms with E-state index in [1.54, 1.807) is 16.7 Å². The first-order chi connectivity index (χ1) is 8.50. The first kappa shape index (κ1) is 11.1. The van der Waals surface area contributed by atoms with Gasteiger partial charge in [-0.25, -0.2) is 9.59 Å².